The summed E-state index contributed by atoms with van der Waals surface area (Å²) >= 11 is 0. The maximum Gasteiger partial charge on any atom is 0.223 e. The SMILES string of the molecule is CCN(C)CCNc1nc(C)cc(C(C)C)n1. The van der Waals surface area contributed by atoms with Gasteiger partial charge in [-0.1, -0.05) is 20.8 Å². The molecular weight excluding hydrogens is 212 g/mol. The van der Waals surface area contributed by atoms with E-state index < -0.39 is 0 Å². The molecule has 0 aromatic carbocycles. The van der Waals surface area contributed by atoms with Crippen LogP contribution in [0, 0.1) is 6.92 Å². The van der Waals surface area contributed by atoms with E-state index in [1.807, 2.05) is 13.0 Å². The third-order valence-electron chi connectivity index (χ3n) is 2.78. The lowest BCUT2D eigenvalue weighted by molar-refractivity contribution is 0.367. The molecule has 0 aliphatic carbocycles. The molecule has 0 fully saturated rings. The van der Waals surface area contributed by atoms with Crippen LogP contribution in [0.5, 0.6) is 0 Å². The highest BCUT2D eigenvalue weighted by Crippen LogP contribution is 2.14. The second-order valence-corrected chi connectivity index (χ2v) is 4.74. The van der Waals surface area contributed by atoms with Gasteiger partial charge in [0.25, 0.3) is 0 Å². The smallest absolute Gasteiger partial charge is 0.223 e. The Kier molecular flexibility index (Phi) is 5.35. The first-order chi connectivity index (χ1) is 8.02. The van der Waals surface area contributed by atoms with E-state index in [-0.39, 0.29) is 0 Å². The van der Waals surface area contributed by atoms with Crippen LogP contribution in [0.1, 0.15) is 38.1 Å². The first kappa shape index (κ1) is 13.9. The van der Waals surface area contributed by atoms with Crippen LogP contribution in [0.15, 0.2) is 6.07 Å². The monoisotopic (exact) mass is 236 g/mol. The van der Waals surface area contributed by atoms with Crippen molar-refractivity contribution >= 4 is 5.95 Å². The van der Waals surface area contributed by atoms with Gasteiger partial charge in [-0.3, -0.25) is 0 Å². The van der Waals surface area contributed by atoms with Crippen molar-refractivity contribution in [1.29, 1.82) is 0 Å². The van der Waals surface area contributed by atoms with E-state index in [0.29, 0.717) is 5.92 Å². The highest BCUT2D eigenvalue weighted by Gasteiger charge is 2.05. The topological polar surface area (TPSA) is 41.0 Å². The Balaban J connectivity index is 2.59. The molecule has 1 N–H and O–H groups in total. The van der Waals surface area contributed by atoms with E-state index in [2.05, 4.69) is 48.0 Å². The lowest BCUT2D eigenvalue weighted by Crippen LogP contribution is -2.25. The van der Waals surface area contributed by atoms with Crippen molar-refractivity contribution < 1.29 is 0 Å². The summed E-state index contributed by atoms with van der Waals surface area (Å²) in [6, 6.07) is 2.05. The first-order valence-corrected chi connectivity index (χ1v) is 6.31. The summed E-state index contributed by atoms with van der Waals surface area (Å²) in [5.41, 5.74) is 2.12. The number of hydrogen-bond donors (Lipinski definition) is 1. The number of anilines is 1. The zero-order chi connectivity index (χ0) is 12.8. The molecule has 0 aliphatic heterocycles. The Morgan fingerprint density at radius 3 is 2.65 bits per heavy atom. The lowest BCUT2D eigenvalue weighted by Gasteiger charge is -2.15. The van der Waals surface area contributed by atoms with Gasteiger partial charge in [0.05, 0.1) is 0 Å². The second-order valence-electron chi connectivity index (χ2n) is 4.74. The van der Waals surface area contributed by atoms with Crippen molar-refractivity contribution in [2.24, 2.45) is 0 Å². The molecule has 0 bridgehead atoms. The molecule has 1 aromatic rings. The minimum Gasteiger partial charge on any atom is -0.353 e. The molecule has 0 amide bonds. The summed E-state index contributed by atoms with van der Waals surface area (Å²) < 4.78 is 0. The van der Waals surface area contributed by atoms with Crippen LogP contribution in [-0.2, 0) is 0 Å². The molecule has 96 valence electrons. The molecule has 4 nitrogen and oxygen atoms in total. The molecular formula is C13H24N4. The van der Waals surface area contributed by atoms with Crippen LogP contribution < -0.4 is 5.32 Å². The molecule has 0 aliphatic rings. The molecule has 1 rings (SSSR count). The summed E-state index contributed by atoms with van der Waals surface area (Å²) in [5.74, 6) is 1.19. The van der Waals surface area contributed by atoms with Crippen LogP contribution in [0.25, 0.3) is 0 Å². The summed E-state index contributed by atoms with van der Waals surface area (Å²) in [4.78, 5) is 11.2. The molecule has 0 saturated heterocycles. The predicted molar refractivity (Wildman–Crippen MR) is 72.5 cm³/mol. The van der Waals surface area contributed by atoms with Gasteiger partial charge < -0.3 is 10.2 Å². The van der Waals surface area contributed by atoms with Crippen LogP contribution in [-0.4, -0.2) is 41.5 Å². The molecule has 0 radical (unpaired) electrons. The Labute approximate surface area is 104 Å². The van der Waals surface area contributed by atoms with Crippen molar-refractivity contribution in [1.82, 2.24) is 14.9 Å². The largest absolute Gasteiger partial charge is 0.353 e. The zero-order valence-electron chi connectivity index (χ0n) is 11.6. The van der Waals surface area contributed by atoms with Gasteiger partial charge in [-0.15, -0.1) is 0 Å². The molecule has 0 atom stereocenters. The minimum absolute atomic E-state index is 0.440. The number of aryl methyl sites for hydroxylation is 1. The Morgan fingerprint density at radius 1 is 1.35 bits per heavy atom. The predicted octanol–water partition coefficient (Wildman–Crippen LogP) is 2.27. The summed E-state index contributed by atoms with van der Waals surface area (Å²) in [5, 5.41) is 3.28. The van der Waals surface area contributed by atoms with E-state index in [1.165, 1.54) is 0 Å². The Bertz CT molecular complexity index is 349. The molecule has 17 heavy (non-hydrogen) atoms. The van der Waals surface area contributed by atoms with Gasteiger partial charge in [-0.05, 0) is 32.5 Å². The summed E-state index contributed by atoms with van der Waals surface area (Å²) in [7, 11) is 2.11. The number of nitrogens with one attached hydrogen (secondary N) is 1. The number of hydrogen-bond acceptors (Lipinski definition) is 4. The third kappa shape index (κ3) is 4.69. The van der Waals surface area contributed by atoms with Gasteiger partial charge in [-0.2, -0.15) is 0 Å². The first-order valence-electron chi connectivity index (χ1n) is 6.31. The fourth-order valence-electron chi connectivity index (χ4n) is 1.48. The highest BCUT2D eigenvalue weighted by atomic mass is 15.1. The fraction of sp³-hybridized carbons (Fsp3) is 0.692. The van der Waals surface area contributed by atoms with Gasteiger partial charge in [-0.25, -0.2) is 9.97 Å². The van der Waals surface area contributed by atoms with E-state index in [0.717, 1.165) is 37.0 Å². The highest BCUT2D eigenvalue weighted by molar-refractivity contribution is 5.29. The number of nitrogens with zero attached hydrogens (tertiary/aromatic N) is 3. The van der Waals surface area contributed by atoms with Crippen molar-refractivity contribution in [3.05, 3.63) is 17.5 Å². The second kappa shape index (κ2) is 6.55. The minimum atomic E-state index is 0.440. The standard InChI is InChI=1S/C13H24N4/c1-6-17(5)8-7-14-13-15-11(4)9-12(16-13)10(2)3/h9-10H,6-8H2,1-5H3,(H,14,15,16). The van der Waals surface area contributed by atoms with Crippen LogP contribution in [0.3, 0.4) is 0 Å². The van der Waals surface area contributed by atoms with Crippen molar-refractivity contribution in [3.63, 3.8) is 0 Å². The quantitative estimate of drug-likeness (QED) is 0.822. The average molecular weight is 236 g/mol. The molecule has 0 unspecified atom stereocenters. The maximum absolute atomic E-state index is 4.52. The molecule has 4 heteroatoms. The van der Waals surface area contributed by atoms with Crippen LogP contribution in [0.4, 0.5) is 5.95 Å². The molecule has 1 aromatic heterocycles. The normalized spacial score (nSPS) is 11.2. The zero-order valence-corrected chi connectivity index (χ0v) is 11.6. The summed E-state index contributed by atoms with van der Waals surface area (Å²) in [6.07, 6.45) is 0. The van der Waals surface area contributed by atoms with Gasteiger partial charge in [0.2, 0.25) is 5.95 Å². The average Bonchev–Trinajstić information content (AvgIpc) is 2.28. The van der Waals surface area contributed by atoms with Gasteiger partial charge in [0, 0.05) is 24.5 Å². The maximum atomic E-state index is 4.52. The van der Waals surface area contributed by atoms with E-state index in [4.69, 9.17) is 0 Å². The lowest BCUT2D eigenvalue weighted by atomic mass is 10.1. The summed E-state index contributed by atoms with van der Waals surface area (Å²) in [6.45, 7) is 11.4. The van der Waals surface area contributed by atoms with Gasteiger partial charge in [0.1, 0.15) is 0 Å². The van der Waals surface area contributed by atoms with E-state index in [9.17, 15) is 0 Å². The fourth-order valence-corrected chi connectivity index (χ4v) is 1.48. The Morgan fingerprint density at radius 2 is 2.06 bits per heavy atom. The van der Waals surface area contributed by atoms with Crippen molar-refractivity contribution in [3.8, 4) is 0 Å². The number of aromatic nitrogens is 2. The molecule has 0 saturated carbocycles. The van der Waals surface area contributed by atoms with Gasteiger partial charge in [0.15, 0.2) is 0 Å². The number of rotatable bonds is 6. The Hall–Kier alpha value is -1.16. The van der Waals surface area contributed by atoms with E-state index in [1.54, 1.807) is 0 Å². The van der Waals surface area contributed by atoms with E-state index >= 15 is 0 Å². The van der Waals surface area contributed by atoms with Crippen molar-refractivity contribution in [2.45, 2.75) is 33.6 Å². The van der Waals surface area contributed by atoms with Crippen LogP contribution in [0.2, 0.25) is 0 Å². The number of likely N-dealkylation sites (N-methyl/N-ethyl adjacent to an activating group) is 1. The van der Waals surface area contributed by atoms with Crippen LogP contribution >= 0.6 is 0 Å². The molecule has 0 spiro atoms. The van der Waals surface area contributed by atoms with Gasteiger partial charge >= 0.3 is 0 Å². The van der Waals surface area contributed by atoms with Crippen molar-refractivity contribution in [2.75, 3.05) is 32.0 Å². The third-order valence-corrected chi connectivity index (χ3v) is 2.78. The molecule has 1 heterocycles.